The number of halogens is 3. The van der Waals surface area contributed by atoms with Gasteiger partial charge in [0.25, 0.3) is 6.43 Å². The Morgan fingerprint density at radius 2 is 2.06 bits per heavy atom. The molecule has 0 radical (unpaired) electrons. The van der Waals surface area contributed by atoms with Gasteiger partial charge in [0.1, 0.15) is 5.82 Å². The molecule has 0 heterocycles. The van der Waals surface area contributed by atoms with Gasteiger partial charge in [0.15, 0.2) is 0 Å². The fourth-order valence-electron chi connectivity index (χ4n) is 1.66. The van der Waals surface area contributed by atoms with Crippen molar-refractivity contribution >= 4 is 0 Å². The molecule has 0 fully saturated rings. The van der Waals surface area contributed by atoms with Crippen LogP contribution in [0.25, 0.3) is 0 Å². The molecule has 1 rings (SSSR count). The fourth-order valence-corrected chi connectivity index (χ4v) is 1.66. The Balaban J connectivity index is 2.73. The van der Waals surface area contributed by atoms with Crippen LogP contribution in [0.2, 0.25) is 0 Å². The maximum absolute atomic E-state index is 13.6. The number of aliphatic hydroxyl groups excluding tert-OH is 1. The van der Waals surface area contributed by atoms with Gasteiger partial charge in [0, 0.05) is 25.2 Å². The molecule has 0 aliphatic heterocycles. The van der Waals surface area contributed by atoms with Gasteiger partial charge in [-0.05, 0) is 11.6 Å². The lowest BCUT2D eigenvalue weighted by atomic mass is 10.1. The molecule has 0 atom stereocenters. The summed E-state index contributed by atoms with van der Waals surface area (Å²) in [6, 6.07) is 4.50. The van der Waals surface area contributed by atoms with E-state index in [0.717, 1.165) is 0 Å². The molecule has 3 nitrogen and oxygen atoms in total. The van der Waals surface area contributed by atoms with Crippen LogP contribution in [0.1, 0.15) is 11.1 Å². The Hall–Kier alpha value is -1.11. The second-order valence-corrected chi connectivity index (χ2v) is 3.98. The Kier molecular flexibility index (Phi) is 6.11. The first-order valence-electron chi connectivity index (χ1n) is 5.65. The Morgan fingerprint density at radius 3 is 2.56 bits per heavy atom. The first-order valence-corrected chi connectivity index (χ1v) is 5.65. The highest BCUT2D eigenvalue weighted by atomic mass is 19.3. The maximum Gasteiger partial charge on any atom is 0.251 e. The average Bonchev–Trinajstić information content (AvgIpc) is 2.31. The zero-order valence-electron chi connectivity index (χ0n) is 9.95. The molecule has 3 N–H and O–H groups in total. The molecule has 0 aliphatic rings. The summed E-state index contributed by atoms with van der Waals surface area (Å²) in [6.07, 6.45) is -2.51. The highest BCUT2D eigenvalue weighted by Crippen LogP contribution is 2.13. The number of rotatable bonds is 7. The van der Waals surface area contributed by atoms with Crippen molar-refractivity contribution in [3.05, 3.63) is 35.1 Å². The molecule has 0 aromatic heterocycles. The van der Waals surface area contributed by atoms with Gasteiger partial charge >= 0.3 is 0 Å². The smallest absolute Gasteiger partial charge is 0.251 e. The molecule has 1 aromatic rings. The Morgan fingerprint density at radius 1 is 1.33 bits per heavy atom. The minimum Gasteiger partial charge on any atom is -0.395 e. The van der Waals surface area contributed by atoms with E-state index in [9.17, 15) is 13.2 Å². The summed E-state index contributed by atoms with van der Waals surface area (Å²) in [7, 11) is 0. The van der Waals surface area contributed by atoms with Crippen LogP contribution in [0.4, 0.5) is 13.2 Å². The minimum absolute atomic E-state index is 0.0432. The van der Waals surface area contributed by atoms with Crippen molar-refractivity contribution in [2.75, 3.05) is 19.7 Å². The molecule has 6 heteroatoms. The lowest BCUT2D eigenvalue weighted by molar-refractivity contribution is 0.0741. The zero-order chi connectivity index (χ0) is 13.5. The number of nitrogens with two attached hydrogens (primary N) is 1. The third kappa shape index (κ3) is 4.64. The Labute approximate surface area is 104 Å². The van der Waals surface area contributed by atoms with Gasteiger partial charge in [-0.1, -0.05) is 12.1 Å². The summed E-state index contributed by atoms with van der Waals surface area (Å²) in [5.41, 5.74) is 6.35. The van der Waals surface area contributed by atoms with Crippen molar-refractivity contribution in [3.8, 4) is 0 Å². The topological polar surface area (TPSA) is 49.5 Å². The highest BCUT2D eigenvalue weighted by Gasteiger charge is 2.14. The van der Waals surface area contributed by atoms with Crippen LogP contribution < -0.4 is 5.73 Å². The molecule has 18 heavy (non-hydrogen) atoms. The number of hydrogen-bond donors (Lipinski definition) is 2. The van der Waals surface area contributed by atoms with E-state index < -0.39 is 18.8 Å². The van der Waals surface area contributed by atoms with Gasteiger partial charge in [0.05, 0.1) is 13.2 Å². The van der Waals surface area contributed by atoms with Crippen LogP contribution in [-0.4, -0.2) is 36.1 Å². The number of alkyl halides is 2. The van der Waals surface area contributed by atoms with Crippen LogP contribution in [0.3, 0.4) is 0 Å². The first kappa shape index (κ1) is 14.9. The predicted molar refractivity (Wildman–Crippen MR) is 62.7 cm³/mol. The summed E-state index contributed by atoms with van der Waals surface area (Å²) in [4.78, 5) is 1.31. The van der Waals surface area contributed by atoms with Gasteiger partial charge in [-0.15, -0.1) is 0 Å². The van der Waals surface area contributed by atoms with Gasteiger partial charge in [-0.2, -0.15) is 0 Å². The SMILES string of the molecule is NCc1ccc(CN(CCO)CC(F)F)c(F)c1. The highest BCUT2D eigenvalue weighted by molar-refractivity contribution is 5.24. The van der Waals surface area contributed by atoms with Crippen LogP contribution in [-0.2, 0) is 13.1 Å². The zero-order valence-corrected chi connectivity index (χ0v) is 9.95. The van der Waals surface area contributed by atoms with Gasteiger partial charge < -0.3 is 10.8 Å². The Bertz CT molecular complexity index is 374. The summed E-state index contributed by atoms with van der Waals surface area (Å²) < 4.78 is 38.2. The van der Waals surface area contributed by atoms with Crippen molar-refractivity contribution in [1.29, 1.82) is 0 Å². The van der Waals surface area contributed by atoms with E-state index in [2.05, 4.69) is 0 Å². The van der Waals surface area contributed by atoms with Crippen molar-refractivity contribution in [1.82, 2.24) is 4.90 Å². The minimum atomic E-state index is -2.51. The van der Waals surface area contributed by atoms with Crippen LogP contribution in [0, 0.1) is 5.82 Å². The van der Waals surface area contributed by atoms with E-state index in [4.69, 9.17) is 10.8 Å². The van der Waals surface area contributed by atoms with E-state index in [1.807, 2.05) is 0 Å². The molecular weight excluding hydrogens is 245 g/mol. The number of aliphatic hydroxyl groups is 1. The lowest BCUT2D eigenvalue weighted by Crippen LogP contribution is -2.31. The predicted octanol–water partition coefficient (Wildman–Crippen LogP) is 1.34. The third-order valence-electron chi connectivity index (χ3n) is 2.56. The second-order valence-electron chi connectivity index (χ2n) is 3.98. The van der Waals surface area contributed by atoms with E-state index in [0.29, 0.717) is 11.1 Å². The molecule has 0 spiro atoms. The van der Waals surface area contributed by atoms with Crippen molar-refractivity contribution in [3.63, 3.8) is 0 Å². The van der Waals surface area contributed by atoms with Crippen molar-refractivity contribution in [2.24, 2.45) is 5.73 Å². The van der Waals surface area contributed by atoms with Crippen LogP contribution in [0.15, 0.2) is 18.2 Å². The molecule has 0 aliphatic carbocycles. The molecule has 0 bridgehead atoms. The fraction of sp³-hybridized carbons (Fsp3) is 0.500. The summed E-state index contributed by atoms with van der Waals surface area (Å²) in [5.74, 6) is -0.463. The number of benzene rings is 1. The largest absolute Gasteiger partial charge is 0.395 e. The lowest BCUT2D eigenvalue weighted by Gasteiger charge is -2.21. The molecule has 0 amide bonds. The standard InChI is InChI=1S/C12H17F3N2O/c13-11-5-9(6-16)1-2-10(11)7-17(3-4-18)8-12(14)15/h1-2,5,12,18H,3-4,6-8,16H2. The normalized spacial score (nSPS) is 11.5. The van der Waals surface area contributed by atoms with Crippen molar-refractivity contribution in [2.45, 2.75) is 19.5 Å². The van der Waals surface area contributed by atoms with E-state index in [-0.39, 0.29) is 26.2 Å². The summed E-state index contributed by atoms with van der Waals surface area (Å²) >= 11 is 0. The van der Waals surface area contributed by atoms with Gasteiger partial charge in [-0.3, -0.25) is 4.90 Å². The molecule has 0 saturated heterocycles. The van der Waals surface area contributed by atoms with E-state index >= 15 is 0 Å². The molecule has 0 unspecified atom stereocenters. The average molecular weight is 262 g/mol. The molecule has 1 aromatic carbocycles. The number of nitrogens with zero attached hydrogens (tertiary/aromatic N) is 1. The van der Waals surface area contributed by atoms with Crippen LogP contribution >= 0.6 is 0 Å². The summed E-state index contributed by atoms with van der Waals surface area (Å²) in [5, 5.41) is 8.78. The van der Waals surface area contributed by atoms with E-state index in [1.54, 1.807) is 6.07 Å². The second kappa shape index (κ2) is 7.35. The van der Waals surface area contributed by atoms with Gasteiger partial charge in [0.2, 0.25) is 0 Å². The summed E-state index contributed by atoms with van der Waals surface area (Å²) in [6.45, 7) is -0.369. The number of hydrogen-bond acceptors (Lipinski definition) is 3. The molecular formula is C12H17F3N2O. The third-order valence-corrected chi connectivity index (χ3v) is 2.56. The van der Waals surface area contributed by atoms with Gasteiger partial charge in [-0.25, -0.2) is 13.2 Å². The first-order chi connectivity index (χ1) is 8.56. The monoisotopic (exact) mass is 262 g/mol. The van der Waals surface area contributed by atoms with Crippen molar-refractivity contribution < 1.29 is 18.3 Å². The maximum atomic E-state index is 13.6. The molecule has 0 saturated carbocycles. The van der Waals surface area contributed by atoms with E-state index in [1.165, 1.54) is 17.0 Å². The quantitative estimate of drug-likeness (QED) is 0.779. The molecule has 102 valence electrons. The van der Waals surface area contributed by atoms with Crippen LogP contribution in [0.5, 0.6) is 0 Å².